The van der Waals surface area contributed by atoms with Crippen LogP contribution in [-0.4, -0.2) is 18.5 Å². The van der Waals surface area contributed by atoms with Crippen LogP contribution in [0.5, 0.6) is 0 Å². The predicted molar refractivity (Wildman–Crippen MR) is 125 cm³/mol. The summed E-state index contributed by atoms with van der Waals surface area (Å²) in [5.74, 6) is -1.79. The van der Waals surface area contributed by atoms with Crippen molar-refractivity contribution < 1.29 is 18.0 Å². The zero-order valence-corrected chi connectivity index (χ0v) is 19.4. The van der Waals surface area contributed by atoms with Crippen LogP contribution in [-0.2, 0) is 0 Å². The molecule has 1 aromatic rings. The summed E-state index contributed by atoms with van der Waals surface area (Å²) in [6, 6.07) is 5.52. The Morgan fingerprint density at radius 1 is 0.677 bits per heavy atom. The standard InChI is InChI=1S/C26H42F3NO/c1-2-3-4-5-6-7-8-9-10-11-12-13-14-15-16-17-22-30-24-20-18-23(19-21-24)25(31)26(27,28)29/h18-21,30H,2-17,22H2,1H3. The van der Waals surface area contributed by atoms with Crippen molar-refractivity contribution in [2.24, 2.45) is 0 Å². The molecule has 0 fully saturated rings. The Morgan fingerprint density at radius 3 is 1.45 bits per heavy atom. The van der Waals surface area contributed by atoms with Crippen LogP contribution in [0, 0.1) is 0 Å². The highest BCUT2D eigenvalue weighted by atomic mass is 19.4. The molecule has 31 heavy (non-hydrogen) atoms. The highest BCUT2D eigenvalue weighted by molar-refractivity contribution is 6.00. The number of hydrogen-bond acceptors (Lipinski definition) is 2. The highest BCUT2D eigenvalue weighted by Gasteiger charge is 2.39. The van der Waals surface area contributed by atoms with Gasteiger partial charge in [-0.25, -0.2) is 0 Å². The van der Waals surface area contributed by atoms with Gasteiger partial charge in [-0.15, -0.1) is 0 Å². The summed E-state index contributed by atoms with van der Waals surface area (Å²) in [5, 5.41) is 3.21. The number of hydrogen-bond donors (Lipinski definition) is 1. The van der Waals surface area contributed by atoms with Crippen molar-refractivity contribution in [1.82, 2.24) is 0 Å². The Hall–Kier alpha value is -1.52. The van der Waals surface area contributed by atoms with Crippen LogP contribution in [0.2, 0.25) is 0 Å². The molecule has 0 bridgehead atoms. The molecule has 1 N–H and O–H groups in total. The lowest BCUT2D eigenvalue weighted by atomic mass is 10.0. The van der Waals surface area contributed by atoms with E-state index >= 15 is 0 Å². The van der Waals surface area contributed by atoms with E-state index in [0.29, 0.717) is 0 Å². The Balaban J connectivity index is 1.89. The second-order valence-corrected chi connectivity index (χ2v) is 8.63. The van der Waals surface area contributed by atoms with Gasteiger partial charge in [-0.05, 0) is 30.7 Å². The van der Waals surface area contributed by atoms with Gasteiger partial charge in [0.05, 0.1) is 0 Å². The number of benzene rings is 1. The van der Waals surface area contributed by atoms with Gasteiger partial charge in [0.25, 0.3) is 5.78 Å². The van der Waals surface area contributed by atoms with Gasteiger partial charge in [0.1, 0.15) is 0 Å². The summed E-state index contributed by atoms with van der Waals surface area (Å²) in [7, 11) is 0. The Kier molecular flexibility index (Phi) is 15.2. The first-order valence-electron chi connectivity index (χ1n) is 12.4. The molecule has 0 heterocycles. The first kappa shape index (κ1) is 27.5. The average Bonchev–Trinajstić information content (AvgIpc) is 2.75. The smallest absolute Gasteiger partial charge is 0.385 e. The minimum Gasteiger partial charge on any atom is -0.385 e. The van der Waals surface area contributed by atoms with Crippen molar-refractivity contribution in [3.63, 3.8) is 0 Å². The second kappa shape index (κ2) is 17.1. The fraction of sp³-hybridized carbons (Fsp3) is 0.731. The molecule has 0 amide bonds. The molecule has 5 heteroatoms. The van der Waals surface area contributed by atoms with Crippen molar-refractivity contribution in [3.05, 3.63) is 29.8 Å². The molecule has 1 aromatic carbocycles. The third-order valence-electron chi connectivity index (χ3n) is 5.76. The van der Waals surface area contributed by atoms with Crippen molar-refractivity contribution in [2.45, 2.75) is 116 Å². The lowest BCUT2D eigenvalue weighted by Gasteiger charge is -2.08. The zero-order valence-electron chi connectivity index (χ0n) is 19.4. The molecular weight excluding hydrogens is 399 g/mol. The van der Waals surface area contributed by atoms with Gasteiger partial charge < -0.3 is 5.32 Å². The largest absolute Gasteiger partial charge is 0.454 e. The number of anilines is 1. The van der Waals surface area contributed by atoms with Crippen LogP contribution in [0.1, 0.15) is 120 Å². The maximum atomic E-state index is 12.4. The van der Waals surface area contributed by atoms with E-state index in [1.165, 1.54) is 114 Å². The second-order valence-electron chi connectivity index (χ2n) is 8.63. The molecule has 0 saturated heterocycles. The number of Topliss-reactive ketones (excluding diaryl/α,β-unsaturated/α-hetero) is 1. The van der Waals surface area contributed by atoms with Crippen molar-refractivity contribution in [2.75, 3.05) is 11.9 Å². The number of carbonyl (C=O) groups excluding carboxylic acids is 1. The van der Waals surface area contributed by atoms with Crippen LogP contribution in [0.3, 0.4) is 0 Å². The summed E-state index contributed by atoms with van der Waals surface area (Å²) in [6.45, 7) is 3.06. The van der Waals surface area contributed by atoms with Gasteiger partial charge >= 0.3 is 6.18 Å². The number of alkyl halides is 3. The van der Waals surface area contributed by atoms with E-state index in [-0.39, 0.29) is 5.56 Å². The molecule has 178 valence electrons. The van der Waals surface area contributed by atoms with E-state index in [1.807, 2.05) is 0 Å². The minimum absolute atomic E-state index is 0.319. The number of carbonyl (C=O) groups is 1. The molecule has 0 saturated carbocycles. The number of rotatable bonds is 19. The van der Waals surface area contributed by atoms with Gasteiger partial charge in [-0.3, -0.25) is 4.79 Å². The minimum atomic E-state index is -4.82. The van der Waals surface area contributed by atoms with Crippen molar-refractivity contribution in [1.29, 1.82) is 0 Å². The maximum Gasteiger partial charge on any atom is 0.454 e. The zero-order chi connectivity index (χ0) is 22.8. The third-order valence-corrected chi connectivity index (χ3v) is 5.76. The molecule has 0 aliphatic carbocycles. The van der Waals surface area contributed by atoms with Crippen LogP contribution < -0.4 is 5.32 Å². The van der Waals surface area contributed by atoms with Crippen molar-refractivity contribution >= 4 is 11.5 Å². The number of halogens is 3. The monoisotopic (exact) mass is 441 g/mol. The molecule has 0 unspecified atom stereocenters. The topological polar surface area (TPSA) is 29.1 Å². The fourth-order valence-electron chi connectivity index (χ4n) is 3.81. The highest BCUT2D eigenvalue weighted by Crippen LogP contribution is 2.22. The average molecular weight is 442 g/mol. The van der Waals surface area contributed by atoms with E-state index in [9.17, 15) is 18.0 Å². The van der Waals surface area contributed by atoms with Gasteiger partial charge in [-0.1, -0.05) is 103 Å². The van der Waals surface area contributed by atoms with Gasteiger partial charge in [0.2, 0.25) is 0 Å². The number of nitrogens with one attached hydrogen (secondary N) is 1. The SMILES string of the molecule is CCCCCCCCCCCCCCCCCCNc1ccc(C(=O)C(F)(F)F)cc1. The van der Waals surface area contributed by atoms with Crippen LogP contribution >= 0.6 is 0 Å². The van der Waals surface area contributed by atoms with E-state index in [2.05, 4.69) is 12.2 Å². The third kappa shape index (κ3) is 14.2. The van der Waals surface area contributed by atoms with Crippen LogP contribution in [0.15, 0.2) is 24.3 Å². The Labute approximate surface area is 187 Å². The normalized spacial score (nSPS) is 11.6. The lowest BCUT2D eigenvalue weighted by Crippen LogP contribution is -2.22. The Bertz CT molecular complexity index is 569. The lowest BCUT2D eigenvalue weighted by molar-refractivity contribution is -0.0885. The first-order valence-corrected chi connectivity index (χ1v) is 12.4. The molecule has 0 aliphatic heterocycles. The van der Waals surface area contributed by atoms with Crippen LogP contribution in [0.4, 0.5) is 18.9 Å². The predicted octanol–water partition coefficient (Wildman–Crippen LogP) is 9.11. The van der Waals surface area contributed by atoms with Crippen LogP contribution in [0.25, 0.3) is 0 Å². The molecule has 0 aliphatic rings. The van der Waals surface area contributed by atoms with E-state index in [1.54, 1.807) is 0 Å². The molecular formula is C26H42F3NO. The first-order chi connectivity index (χ1) is 14.9. The summed E-state index contributed by atoms with van der Waals surface area (Å²) >= 11 is 0. The molecule has 0 radical (unpaired) electrons. The van der Waals surface area contributed by atoms with Gasteiger partial charge in [0.15, 0.2) is 0 Å². The molecule has 1 rings (SSSR count). The summed E-state index contributed by atoms with van der Waals surface area (Å²) in [6.07, 6.45) is 16.5. The summed E-state index contributed by atoms with van der Waals surface area (Å²) < 4.78 is 37.2. The number of unbranched alkanes of at least 4 members (excludes halogenated alkanes) is 15. The van der Waals surface area contributed by atoms with Gasteiger partial charge in [0, 0.05) is 17.8 Å². The quantitative estimate of drug-likeness (QED) is 0.171. The van der Waals surface area contributed by atoms with Gasteiger partial charge in [-0.2, -0.15) is 13.2 Å². The van der Waals surface area contributed by atoms with E-state index in [4.69, 9.17) is 0 Å². The maximum absolute atomic E-state index is 12.4. The summed E-state index contributed by atoms with van der Waals surface area (Å²) in [5.41, 5.74) is 0.431. The van der Waals surface area contributed by atoms with E-state index < -0.39 is 12.0 Å². The van der Waals surface area contributed by atoms with E-state index in [0.717, 1.165) is 25.1 Å². The Morgan fingerprint density at radius 2 is 1.06 bits per heavy atom. The molecule has 0 spiro atoms. The molecule has 0 atom stereocenters. The number of ketones is 1. The fourth-order valence-corrected chi connectivity index (χ4v) is 3.81. The summed E-state index contributed by atoms with van der Waals surface area (Å²) in [4.78, 5) is 11.2. The molecule has 0 aromatic heterocycles. The molecule has 2 nitrogen and oxygen atoms in total. The van der Waals surface area contributed by atoms with Crippen molar-refractivity contribution in [3.8, 4) is 0 Å².